The van der Waals surface area contributed by atoms with E-state index < -0.39 is 0 Å². The molecule has 0 aromatic heterocycles. The predicted octanol–water partition coefficient (Wildman–Crippen LogP) is 0.967. The summed E-state index contributed by atoms with van der Waals surface area (Å²) in [6.45, 7) is 3.44. The Balaban J connectivity index is 2.36. The van der Waals surface area contributed by atoms with Crippen molar-refractivity contribution in [2.45, 2.75) is 26.2 Å². The fourth-order valence-corrected chi connectivity index (χ4v) is 2.05. The van der Waals surface area contributed by atoms with Crippen LogP contribution in [-0.4, -0.2) is 25.5 Å². The van der Waals surface area contributed by atoms with Crippen molar-refractivity contribution >= 4 is 5.78 Å². The van der Waals surface area contributed by atoms with Crippen molar-refractivity contribution < 1.29 is 9.53 Å². The van der Waals surface area contributed by atoms with Gasteiger partial charge in [-0.1, -0.05) is 6.42 Å². The molecule has 0 aliphatic heterocycles. The number of ketones is 1. The zero-order valence-corrected chi connectivity index (χ0v) is 8.29. The van der Waals surface area contributed by atoms with E-state index in [4.69, 9.17) is 10.5 Å². The highest BCUT2D eigenvalue weighted by atomic mass is 16.5. The summed E-state index contributed by atoms with van der Waals surface area (Å²) in [5.74, 6) is 0.833. The van der Waals surface area contributed by atoms with Gasteiger partial charge in [-0.25, -0.2) is 0 Å². The largest absolute Gasteiger partial charge is 0.374 e. The van der Waals surface area contributed by atoms with Gasteiger partial charge in [0.2, 0.25) is 0 Å². The topological polar surface area (TPSA) is 52.3 Å². The fraction of sp³-hybridized carbons (Fsp3) is 0.900. The van der Waals surface area contributed by atoms with Crippen LogP contribution in [0.2, 0.25) is 0 Å². The first-order chi connectivity index (χ1) is 6.29. The molecular formula is C10H19NO2. The maximum absolute atomic E-state index is 11.6. The molecule has 0 spiro atoms. The van der Waals surface area contributed by atoms with Crippen LogP contribution in [-0.2, 0) is 9.53 Å². The van der Waals surface area contributed by atoms with Gasteiger partial charge >= 0.3 is 0 Å². The molecule has 1 aliphatic carbocycles. The van der Waals surface area contributed by atoms with Crippen molar-refractivity contribution in [3.05, 3.63) is 0 Å². The standard InChI is InChI=1S/C10H19NO2/c1-2-13-7-10(12)9-5-3-4-8(9)6-11/h8-9H,2-7,11H2,1H3. The molecule has 1 fully saturated rings. The molecule has 0 radical (unpaired) electrons. The van der Waals surface area contributed by atoms with E-state index in [0.717, 1.165) is 19.3 Å². The SMILES string of the molecule is CCOCC(=O)C1CCCC1CN. The third-order valence-electron chi connectivity index (χ3n) is 2.82. The molecule has 0 heterocycles. The van der Waals surface area contributed by atoms with Crippen LogP contribution >= 0.6 is 0 Å². The summed E-state index contributed by atoms with van der Waals surface area (Å²) in [5, 5.41) is 0. The number of rotatable bonds is 5. The zero-order valence-electron chi connectivity index (χ0n) is 8.29. The number of hydrogen-bond donors (Lipinski definition) is 1. The van der Waals surface area contributed by atoms with Gasteiger partial charge in [-0.05, 0) is 32.2 Å². The molecular weight excluding hydrogens is 166 g/mol. The lowest BCUT2D eigenvalue weighted by Gasteiger charge is -2.15. The Morgan fingerprint density at radius 3 is 2.92 bits per heavy atom. The van der Waals surface area contributed by atoms with E-state index in [1.807, 2.05) is 6.92 Å². The van der Waals surface area contributed by atoms with Gasteiger partial charge in [-0.2, -0.15) is 0 Å². The van der Waals surface area contributed by atoms with Crippen molar-refractivity contribution in [2.75, 3.05) is 19.8 Å². The minimum absolute atomic E-state index is 0.177. The maximum atomic E-state index is 11.6. The fourth-order valence-electron chi connectivity index (χ4n) is 2.05. The Bertz CT molecular complexity index is 170. The Hall–Kier alpha value is -0.410. The lowest BCUT2D eigenvalue weighted by atomic mass is 9.92. The van der Waals surface area contributed by atoms with Gasteiger partial charge in [0.15, 0.2) is 5.78 Å². The van der Waals surface area contributed by atoms with Crippen LogP contribution in [0, 0.1) is 11.8 Å². The van der Waals surface area contributed by atoms with Gasteiger partial charge < -0.3 is 10.5 Å². The molecule has 1 rings (SSSR count). The minimum Gasteiger partial charge on any atom is -0.374 e. The molecule has 0 bridgehead atoms. The first kappa shape index (κ1) is 10.7. The minimum atomic E-state index is 0.177. The molecule has 1 saturated carbocycles. The summed E-state index contributed by atoms with van der Waals surface area (Å²) < 4.78 is 5.11. The van der Waals surface area contributed by atoms with Crippen molar-refractivity contribution in [1.29, 1.82) is 0 Å². The van der Waals surface area contributed by atoms with Crippen LogP contribution in [0.3, 0.4) is 0 Å². The molecule has 0 amide bonds. The van der Waals surface area contributed by atoms with Crippen molar-refractivity contribution in [3.63, 3.8) is 0 Å². The van der Waals surface area contributed by atoms with Gasteiger partial charge in [-0.15, -0.1) is 0 Å². The molecule has 0 saturated heterocycles. The van der Waals surface area contributed by atoms with Gasteiger partial charge in [-0.3, -0.25) is 4.79 Å². The summed E-state index contributed by atoms with van der Waals surface area (Å²) in [6, 6.07) is 0. The lowest BCUT2D eigenvalue weighted by Crippen LogP contribution is -2.27. The number of carbonyl (C=O) groups is 1. The second kappa shape index (κ2) is 5.35. The second-order valence-corrected chi connectivity index (χ2v) is 3.64. The van der Waals surface area contributed by atoms with E-state index in [-0.39, 0.29) is 18.3 Å². The average molecular weight is 185 g/mol. The van der Waals surface area contributed by atoms with Crippen molar-refractivity contribution in [1.82, 2.24) is 0 Å². The van der Waals surface area contributed by atoms with Crippen LogP contribution in [0.5, 0.6) is 0 Å². The highest BCUT2D eigenvalue weighted by Crippen LogP contribution is 2.31. The molecule has 0 aromatic rings. The van der Waals surface area contributed by atoms with E-state index in [2.05, 4.69) is 0 Å². The predicted molar refractivity (Wildman–Crippen MR) is 51.4 cm³/mol. The van der Waals surface area contributed by atoms with Gasteiger partial charge in [0.05, 0.1) is 0 Å². The number of hydrogen-bond acceptors (Lipinski definition) is 3. The monoisotopic (exact) mass is 185 g/mol. The summed E-state index contributed by atoms with van der Waals surface area (Å²) in [5.41, 5.74) is 5.60. The highest BCUT2D eigenvalue weighted by Gasteiger charge is 2.31. The zero-order chi connectivity index (χ0) is 9.68. The summed E-state index contributed by atoms with van der Waals surface area (Å²) in [6.07, 6.45) is 3.26. The molecule has 3 nitrogen and oxygen atoms in total. The third kappa shape index (κ3) is 2.78. The highest BCUT2D eigenvalue weighted by molar-refractivity contribution is 5.82. The van der Waals surface area contributed by atoms with Crippen LogP contribution < -0.4 is 5.73 Å². The van der Waals surface area contributed by atoms with E-state index in [1.54, 1.807) is 0 Å². The van der Waals surface area contributed by atoms with Gasteiger partial charge in [0.25, 0.3) is 0 Å². The Kier molecular flexibility index (Phi) is 4.39. The van der Waals surface area contributed by atoms with Gasteiger partial charge in [0, 0.05) is 12.5 Å². The molecule has 2 unspecified atom stereocenters. The van der Waals surface area contributed by atoms with E-state index in [1.165, 1.54) is 0 Å². The average Bonchev–Trinajstić information content (AvgIpc) is 2.61. The molecule has 3 heteroatoms. The first-order valence-electron chi connectivity index (χ1n) is 5.10. The first-order valence-corrected chi connectivity index (χ1v) is 5.10. The van der Waals surface area contributed by atoms with E-state index in [9.17, 15) is 4.79 Å². The lowest BCUT2D eigenvalue weighted by molar-refractivity contribution is -0.128. The smallest absolute Gasteiger partial charge is 0.161 e. The Morgan fingerprint density at radius 1 is 1.54 bits per heavy atom. The van der Waals surface area contributed by atoms with Gasteiger partial charge in [0.1, 0.15) is 6.61 Å². The molecule has 2 N–H and O–H groups in total. The van der Waals surface area contributed by atoms with Crippen LogP contribution in [0.15, 0.2) is 0 Å². The van der Waals surface area contributed by atoms with Crippen molar-refractivity contribution in [2.24, 2.45) is 17.6 Å². The Morgan fingerprint density at radius 2 is 2.31 bits per heavy atom. The second-order valence-electron chi connectivity index (χ2n) is 3.64. The quantitative estimate of drug-likeness (QED) is 0.694. The molecule has 2 atom stereocenters. The molecule has 1 aliphatic rings. The summed E-state index contributed by atoms with van der Waals surface area (Å²) >= 11 is 0. The maximum Gasteiger partial charge on any atom is 0.161 e. The van der Waals surface area contributed by atoms with E-state index in [0.29, 0.717) is 19.1 Å². The molecule has 13 heavy (non-hydrogen) atoms. The van der Waals surface area contributed by atoms with Crippen LogP contribution in [0.4, 0.5) is 0 Å². The number of carbonyl (C=O) groups excluding carboxylic acids is 1. The molecule has 76 valence electrons. The molecule has 0 aromatic carbocycles. The number of nitrogens with two attached hydrogens (primary N) is 1. The van der Waals surface area contributed by atoms with Crippen LogP contribution in [0.25, 0.3) is 0 Å². The Labute approximate surface area is 79.6 Å². The van der Waals surface area contributed by atoms with Crippen LogP contribution in [0.1, 0.15) is 26.2 Å². The summed E-state index contributed by atoms with van der Waals surface area (Å²) in [4.78, 5) is 11.6. The summed E-state index contributed by atoms with van der Waals surface area (Å²) in [7, 11) is 0. The number of Topliss-reactive ketones (excluding diaryl/α,β-unsaturated/α-hetero) is 1. The van der Waals surface area contributed by atoms with Crippen molar-refractivity contribution in [3.8, 4) is 0 Å². The third-order valence-corrected chi connectivity index (χ3v) is 2.82. The van der Waals surface area contributed by atoms with E-state index >= 15 is 0 Å². The number of ether oxygens (including phenoxy) is 1. The normalized spacial score (nSPS) is 27.8.